The van der Waals surface area contributed by atoms with E-state index in [0.29, 0.717) is 0 Å². The fourth-order valence-electron chi connectivity index (χ4n) is 1.36. The van der Waals surface area contributed by atoms with Gasteiger partial charge < -0.3 is 5.11 Å². The Morgan fingerprint density at radius 2 is 1.94 bits per heavy atom. The maximum Gasteiger partial charge on any atom is 0.0678 e. The van der Waals surface area contributed by atoms with Crippen molar-refractivity contribution in [2.75, 3.05) is 5.75 Å². The van der Waals surface area contributed by atoms with Crippen molar-refractivity contribution in [1.29, 1.82) is 0 Å². The van der Waals surface area contributed by atoms with E-state index in [-0.39, 0.29) is 10.9 Å². The van der Waals surface area contributed by atoms with Gasteiger partial charge in [-0.15, -0.1) is 11.3 Å². The van der Waals surface area contributed by atoms with E-state index in [9.17, 15) is 5.11 Å². The van der Waals surface area contributed by atoms with Gasteiger partial charge in [-0.2, -0.15) is 11.8 Å². The summed E-state index contributed by atoms with van der Waals surface area (Å²) in [5, 5.41) is 9.93. The van der Waals surface area contributed by atoms with Crippen LogP contribution >= 0.6 is 23.1 Å². The summed E-state index contributed by atoms with van der Waals surface area (Å²) in [5.74, 6) is 0.822. The number of hydrogen-bond acceptors (Lipinski definition) is 3. The van der Waals surface area contributed by atoms with Crippen LogP contribution in [0.3, 0.4) is 0 Å². The molecule has 1 atom stereocenters. The lowest BCUT2D eigenvalue weighted by molar-refractivity contribution is 0.201. The van der Waals surface area contributed by atoms with E-state index < -0.39 is 0 Å². The van der Waals surface area contributed by atoms with Gasteiger partial charge in [0.1, 0.15) is 0 Å². The van der Waals surface area contributed by atoms with Crippen LogP contribution in [0.15, 0.2) is 12.1 Å². The molecule has 1 N–H and O–H groups in total. The van der Waals surface area contributed by atoms with Crippen LogP contribution < -0.4 is 0 Å². The summed E-state index contributed by atoms with van der Waals surface area (Å²) in [6.07, 6.45) is 1.68. The van der Waals surface area contributed by atoms with Crippen LogP contribution in [0.2, 0.25) is 0 Å². The molecule has 0 spiro atoms. The highest BCUT2D eigenvalue weighted by molar-refractivity contribution is 8.00. The number of thioether (sulfide) groups is 1. The summed E-state index contributed by atoms with van der Waals surface area (Å²) in [6, 6.07) is 4.32. The molecule has 0 aromatic carbocycles. The summed E-state index contributed by atoms with van der Waals surface area (Å²) in [6.45, 7) is 8.72. The zero-order chi connectivity index (χ0) is 12.2. The normalized spacial score (nSPS) is 14.1. The lowest BCUT2D eigenvalue weighted by Crippen LogP contribution is -2.18. The number of thiophene rings is 1. The number of hydrogen-bond donors (Lipinski definition) is 1. The van der Waals surface area contributed by atoms with E-state index in [1.54, 1.807) is 0 Å². The Morgan fingerprint density at radius 3 is 2.44 bits per heavy atom. The fraction of sp³-hybridized carbons (Fsp3) is 0.692. The minimum Gasteiger partial charge on any atom is -0.392 e. The standard InChI is InChI=1S/C13H22OS2/c1-5-11-6-7-12(16-11)8-10(14)9-15-13(2,3)4/h6-7,10,14H,5,8-9H2,1-4H3. The van der Waals surface area contributed by atoms with Gasteiger partial charge >= 0.3 is 0 Å². The Balaban J connectivity index is 2.36. The summed E-state index contributed by atoms with van der Waals surface area (Å²) < 4.78 is 0.241. The van der Waals surface area contributed by atoms with Gasteiger partial charge in [0.2, 0.25) is 0 Å². The largest absolute Gasteiger partial charge is 0.392 e. The third-order valence-corrected chi connectivity index (χ3v) is 4.88. The van der Waals surface area contributed by atoms with Gasteiger partial charge in [0, 0.05) is 26.7 Å². The predicted octanol–water partition coefficient (Wildman–Crippen LogP) is 3.75. The number of aliphatic hydroxyl groups excluding tert-OH is 1. The Bertz CT molecular complexity index is 312. The van der Waals surface area contributed by atoms with Crippen molar-refractivity contribution < 1.29 is 5.11 Å². The molecular formula is C13H22OS2. The molecule has 0 amide bonds. The third kappa shape index (κ3) is 5.37. The lowest BCUT2D eigenvalue weighted by Gasteiger charge is -2.19. The van der Waals surface area contributed by atoms with Crippen molar-refractivity contribution in [3.05, 3.63) is 21.9 Å². The molecule has 1 rings (SSSR count). The minimum atomic E-state index is -0.215. The molecule has 0 aliphatic rings. The first-order valence-corrected chi connectivity index (χ1v) is 7.60. The summed E-state index contributed by atoms with van der Waals surface area (Å²) in [5.41, 5.74) is 0. The van der Waals surface area contributed by atoms with E-state index in [4.69, 9.17) is 0 Å². The minimum absolute atomic E-state index is 0.215. The second kappa shape index (κ2) is 6.08. The quantitative estimate of drug-likeness (QED) is 0.868. The van der Waals surface area contributed by atoms with Crippen molar-refractivity contribution in [3.8, 4) is 0 Å². The number of rotatable bonds is 5. The maximum absolute atomic E-state index is 9.93. The van der Waals surface area contributed by atoms with Crippen LogP contribution in [0.5, 0.6) is 0 Å². The van der Waals surface area contributed by atoms with Crippen LogP contribution in [0.25, 0.3) is 0 Å². The van der Waals surface area contributed by atoms with Crippen LogP contribution in [0, 0.1) is 0 Å². The molecule has 1 aromatic rings. The molecule has 0 bridgehead atoms. The Hall–Kier alpha value is 0.01000. The summed E-state index contributed by atoms with van der Waals surface area (Å²) in [4.78, 5) is 2.71. The average Bonchev–Trinajstić information content (AvgIpc) is 2.61. The van der Waals surface area contributed by atoms with Gasteiger partial charge in [-0.1, -0.05) is 27.7 Å². The fourth-order valence-corrected chi connectivity index (χ4v) is 3.20. The van der Waals surface area contributed by atoms with E-state index in [2.05, 4.69) is 39.8 Å². The van der Waals surface area contributed by atoms with E-state index in [1.807, 2.05) is 23.1 Å². The molecule has 0 aliphatic carbocycles. The van der Waals surface area contributed by atoms with E-state index in [0.717, 1.165) is 18.6 Å². The Labute approximate surface area is 107 Å². The smallest absolute Gasteiger partial charge is 0.0678 e. The SMILES string of the molecule is CCc1ccc(CC(O)CSC(C)(C)C)s1. The monoisotopic (exact) mass is 258 g/mol. The molecule has 0 saturated carbocycles. The first-order valence-electron chi connectivity index (χ1n) is 5.80. The van der Waals surface area contributed by atoms with Crippen molar-refractivity contribution in [3.63, 3.8) is 0 Å². The number of aryl methyl sites for hydroxylation is 1. The molecule has 1 unspecified atom stereocenters. The highest BCUT2D eigenvalue weighted by Gasteiger charge is 2.14. The summed E-state index contributed by atoms with van der Waals surface area (Å²) >= 11 is 3.65. The van der Waals surface area contributed by atoms with E-state index in [1.165, 1.54) is 9.75 Å². The lowest BCUT2D eigenvalue weighted by atomic mass is 10.2. The van der Waals surface area contributed by atoms with Crippen LogP contribution in [-0.2, 0) is 12.8 Å². The van der Waals surface area contributed by atoms with Gasteiger partial charge in [-0.25, -0.2) is 0 Å². The van der Waals surface area contributed by atoms with Crippen molar-refractivity contribution >= 4 is 23.1 Å². The highest BCUT2D eigenvalue weighted by Crippen LogP contribution is 2.25. The van der Waals surface area contributed by atoms with Gasteiger partial charge in [-0.3, -0.25) is 0 Å². The number of aliphatic hydroxyl groups is 1. The maximum atomic E-state index is 9.93. The third-order valence-electron chi connectivity index (χ3n) is 2.21. The predicted molar refractivity (Wildman–Crippen MR) is 75.6 cm³/mol. The van der Waals surface area contributed by atoms with Crippen LogP contribution in [0.1, 0.15) is 37.4 Å². The molecule has 0 aliphatic heterocycles. The van der Waals surface area contributed by atoms with Crippen LogP contribution in [0.4, 0.5) is 0 Å². The second-order valence-corrected chi connectivity index (χ2v) is 8.10. The van der Waals surface area contributed by atoms with Gasteiger partial charge in [0.25, 0.3) is 0 Å². The van der Waals surface area contributed by atoms with Crippen LogP contribution in [-0.4, -0.2) is 21.7 Å². The highest BCUT2D eigenvalue weighted by atomic mass is 32.2. The molecule has 3 heteroatoms. The first-order chi connectivity index (χ1) is 7.40. The molecule has 1 aromatic heterocycles. The molecule has 92 valence electrons. The molecule has 1 nitrogen and oxygen atoms in total. The topological polar surface area (TPSA) is 20.2 Å². The average molecular weight is 258 g/mol. The van der Waals surface area contributed by atoms with Crippen molar-refractivity contribution in [1.82, 2.24) is 0 Å². The van der Waals surface area contributed by atoms with Gasteiger partial charge in [-0.05, 0) is 18.6 Å². The zero-order valence-corrected chi connectivity index (χ0v) is 12.3. The molecule has 0 fully saturated rings. The Kier molecular flexibility index (Phi) is 5.35. The van der Waals surface area contributed by atoms with Crippen molar-refractivity contribution in [2.24, 2.45) is 0 Å². The zero-order valence-electron chi connectivity index (χ0n) is 10.6. The first kappa shape index (κ1) is 14.1. The molecule has 1 heterocycles. The summed E-state index contributed by atoms with van der Waals surface area (Å²) in [7, 11) is 0. The van der Waals surface area contributed by atoms with Gasteiger partial charge in [0.05, 0.1) is 6.10 Å². The van der Waals surface area contributed by atoms with E-state index >= 15 is 0 Å². The molecule has 16 heavy (non-hydrogen) atoms. The molecule has 0 radical (unpaired) electrons. The molecular weight excluding hydrogens is 236 g/mol. The van der Waals surface area contributed by atoms with Crippen molar-refractivity contribution in [2.45, 2.75) is 51.4 Å². The second-order valence-electron chi connectivity index (χ2n) is 5.00. The molecule has 0 saturated heterocycles. The van der Waals surface area contributed by atoms with Gasteiger partial charge in [0.15, 0.2) is 0 Å². The Morgan fingerprint density at radius 1 is 1.31 bits per heavy atom.